The van der Waals surface area contributed by atoms with Crippen LogP contribution >= 0.6 is 11.3 Å². The number of pyridine rings is 2. The minimum atomic E-state index is -0.0911. The molecule has 0 fully saturated rings. The molecule has 0 atom stereocenters. The summed E-state index contributed by atoms with van der Waals surface area (Å²) in [6.45, 7) is 2.83. The first-order valence-electron chi connectivity index (χ1n) is 7.22. The van der Waals surface area contributed by atoms with E-state index in [0.717, 1.165) is 28.1 Å². The summed E-state index contributed by atoms with van der Waals surface area (Å²) >= 11 is 1.37. The summed E-state index contributed by atoms with van der Waals surface area (Å²) in [5.74, 6) is 0. The lowest BCUT2D eigenvalue weighted by atomic mass is 10.2. The largest absolute Gasteiger partial charge is 0.385 e. The van der Waals surface area contributed by atoms with Crippen molar-refractivity contribution in [2.24, 2.45) is 0 Å². The Kier molecular flexibility index (Phi) is 3.27. The van der Waals surface area contributed by atoms with Gasteiger partial charge in [0.05, 0.1) is 16.6 Å². The highest BCUT2D eigenvalue weighted by molar-refractivity contribution is 7.25. The fourth-order valence-corrected chi connectivity index (χ4v) is 3.63. The minimum Gasteiger partial charge on any atom is -0.385 e. The summed E-state index contributed by atoms with van der Waals surface area (Å²) in [6.07, 6.45) is 6.62. The summed E-state index contributed by atoms with van der Waals surface area (Å²) in [5.41, 5.74) is 2.31. The molecule has 0 radical (unpaired) electrons. The molecule has 4 heterocycles. The zero-order valence-electron chi connectivity index (χ0n) is 12.4. The molecule has 4 aromatic rings. The van der Waals surface area contributed by atoms with Crippen LogP contribution in [0.3, 0.4) is 0 Å². The number of hydrogen-bond acceptors (Lipinski definition) is 6. The summed E-state index contributed by atoms with van der Waals surface area (Å²) < 4.78 is 2.14. The second-order valence-electron chi connectivity index (χ2n) is 4.97. The van der Waals surface area contributed by atoms with Gasteiger partial charge in [-0.1, -0.05) is 0 Å². The van der Waals surface area contributed by atoms with E-state index in [2.05, 4.69) is 20.3 Å². The average Bonchev–Trinajstić information content (AvgIpc) is 2.97. The van der Waals surface area contributed by atoms with Crippen molar-refractivity contribution in [1.82, 2.24) is 19.5 Å². The number of aromatic nitrogens is 4. The highest BCUT2D eigenvalue weighted by atomic mass is 32.1. The van der Waals surface area contributed by atoms with Gasteiger partial charge in [0.15, 0.2) is 0 Å². The van der Waals surface area contributed by atoms with Crippen molar-refractivity contribution in [3.63, 3.8) is 0 Å². The first kappa shape index (κ1) is 13.8. The van der Waals surface area contributed by atoms with Gasteiger partial charge in [-0.05, 0) is 25.1 Å². The first-order valence-corrected chi connectivity index (χ1v) is 8.04. The highest BCUT2D eigenvalue weighted by Crippen LogP contribution is 2.33. The van der Waals surface area contributed by atoms with E-state index in [0.29, 0.717) is 10.2 Å². The SMILES string of the molecule is CCNc1ccnc2sc3c(=O)n(-c4ccncc4)cnc3c12. The van der Waals surface area contributed by atoms with Gasteiger partial charge in [-0.15, -0.1) is 11.3 Å². The number of hydrogen-bond donors (Lipinski definition) is 1. The van der Waals surface area contributed by atoms with Gasteiger partial charge in [-0.25, -0.2) is 9.97 Å². The van der Waals surface area contributed by atoms with Crippen LogP contribution in [0.15, 0.2) is 47.9 Å². The molecule has 23 heavy (non-hydrogen) atoms. The molecule has 7 heteroatoms. The Morgan fingerprint density at radius 1 is 1.17 bits per heavy atom. The minimum absolute atomic E-state index is 0.0911. The third-order valence-electron chi connectivity index (χ3n) is 3.59. The zero-order chi connectivity index (χ0) is 15.8. The van der Waals surface area contributed by atoms with E-state index in [4.69, 9.17) is 0 Å². The molecule has 114 valence electrons. The summed E-state index contributed by atoms with van der Waals surface area (Å²) in [6, 6.07) is 5.48. The van der Waals surface area contributed by atoms with E-state index < -0.39 is 0 Å². The zero-order valence-corrected chi connectivity index (χ0v) is 13.2. The van der Waals surface area contributed by atoms with Gasteiger partial charge in [0.25, 0.3) is 5.56 Å². The molecular formula is C16H13N5OS. The maximum atomic E-state index is 12.8. The molecule has 0 aromatic carbocycles. The van der Waals surface area contributed by atoms with Crippen LogP contribution in [0, 0.1) is 0 Å². The third-order valence-corrected chi connectivity index (χ3v) is 4.67. The molecule has 4 aromatic heterocycles. The maximum Gasteiger partial charge on any atom is 0.275 e. The van der Waals surface area contributed by atoms with Crippen LogP contribution in [0.2, 0.25) is 0 Å². The van der Waals surface area contributed by atoms with E-state index in [1.807, 2.05) is 13.0 Å². The topological polar surface area (TPSA) is 72.7 Å². The van der Waals surface area contributed by atoms with Gasteiger partial charge in [0, 0.05) is 30.8 Å². The Bertz CT molecular complexity index is 1050. The lowest BCUT2D eigenvalue weighted by Crippen LogP contribution is -2.17. The van der Waals surface area contributed by atoms with Crippen molar-refractivity contribution in [2.45, 2.75) is 6.92 Å². The van der Waals surface area contributed by atoms with Crippen LogP contribution in [0.1, 0.15) is 6.92 Å². The lowest BCUT2D eigenvalue weighted by Gasteiger charge is -2.05. The number of nitrogens with zero attached hydrogens (tertiary/aromatic N) is 4. The summed E-state index contributed by atoms with van der Waals surface area (Å²) in [5, 5.41) is 4.21. The van der Waals surface area contributed by atoms with Crippen LogP contribution in [0.5, 0.6) is 0 Å². The molecule has 0 aliphatic carbocycles. The van der Waals surface area contributed by atoms with Gasteiger partial charge in [0.1, 0.15) is 15.9 Å². The quantitative estimate of drug-likeness (QED) is 0.627. The van der Waals surface area contributed by atoms with Crippen LogP contribution in [0.25, 0.3) is 26.1 Å². The summed E-state index contributed by atoms with van der Waals surface area (Å²) in [4.78, 5) is 26.5. The fourth-order valence-electron chi connectivity index (χ4n) is 2.58. The Morgan fingerprint density at radius 3 is 2.78 bits per heavy atom. The number of rotatable bonds is 3. The molecule has 1 N–H and O–H groups in total. The second kappa shape index (κ2) is 5.44. The predicted molar refractivity (Wildman–Crippen MR) is 92.5 cm³/mol. The van der Waals surface area contributed by atoms with Crippen molar-refractivity contribution >= 4 is 37.5 Å². The van der Waals surface area contributed by atoms with Gasteiger partial charge >= 0.3 is 0 Å². The van der Waals surface area contributed by atoms with E-state index in [9.17, 15) is 4.79 Å². The van der Waals surface area contributed by atoms with Gasteiger partial charge in [-0.3, -0.25) is 14.3 Å². The monoisotopic (exact) mass is 323 g/mol. The van der Waals surface area contributed by atoms with Gasteiger partial charge in [0.2, 0.25) is 0 Å². The standard InChI is InChI=1S/C16H13N5OS/c1-2-18-11-5-8-19-15-12(11)13-14(23-15)16(22)21(9-20-13)10-3-6-17-7-4-10/h3-9H,2H2,1H3,(H,18,19). The molecule has 0 bridgehead atoms. The fraction of sp³-hybridized carbons (Fsp3) is 0.125. The van der Waals surface area contributed by atoms with Gasteiger partial charge < -0.3 is 5.32 Å². The van der Waals surface area contributed by atoms with Crippen molar-refractivity contribution in [2.75, 3.05) is 11.9 Å². The van der Waals surface area contributed by atoms with Crippen LogP contribution in [0.4, 0.5) is 5.69 Å². The van der Waals surface area contributed by atoms with E-state index >= 15 is 0 Å². The van der Waals surface area contributed by atoms with Crippen LogP contribution in [-0.4, -0.2) is 26.1 Å². The Hall–Kier alpha value is -2.80. The Morgan fingerprint density at radius 2 is 2.00 bits per heavy atom. The van der Waals surface area contributed by atoms with E-state index in [1.54, 1.807) is 37.1 Å². The highest BCUT2D eigenvalue weighted by Gasteiger charge is 2.15. The van der Waals surface area contributed by atoms with Crippen molar-refractivity contribution in [3.8, 4) is 5.69 Å². The molecule has 0 unspecified atom stereocenters. The average molecular weight is 323 g/mol. The lowest BCUT2D eigenvalue weighted by molar-refractivity contribution is 0.963. The number of thiophene rings is 1. The number of fused-ring (bicyclic) bond motifs is 3. The van der Waals surface area contributed by atoms with Crippen LogP contribution < -0.4 is 10.9 Å². The van der Waals surface area contributed by atoms with Crippen LogP contribution in [-0.2, 0) is 0 Å². The second-order valence-corrected chi connectivity index (χ2v) is 5.97. The van der Waals surface area contributed by atoms with Crippen molar-refractivity contribution in [3.05, 3.63) is 53.5 Å². The smallest absolute Gasteiger partial charge is 0.275 e. The van der Waals surface area contributed by atoms with E-state index in [1.165, 1.54) is 15.9 Å². The Balaban J connectivity index is 2.04. The van der Waals surface area contributed by atoms with Crippen molar-refractivity contribution in [1.29, 1.82) is 0 Å². The molecule has 0 aliphatic rings. The van der Waals surface area contributed by atoms with E-state index in [-0.39, 0.29) is 5.56 Å². The van der Waals surface area contributed by atoms with Gasteiger partial charge in [-0.2, -0.15) is 0 Å². The first-order chi connectivity index (χ1) is 11.3. The maximum absolute atomic E-state index is 12.8. The molecule has 0 spiro atoms. The number of anilines is 1. The molecule has 0 amide bonds. The molecule has 0 saturated carbocycles. The Labute approximate surface area is 135 Å². The normalized spacial score (nSPS) is 11.2. The molecule has 0 aliphatic heterocycles. The number of nitrogens with one attached hydrogen (secondary N) is 1. The predicted octanol–water partition coefficient (Wildman–Crippen LogP) is 2.82. The summed E-state index contributed by atoms with van der Waals surface area (Å²) in [7, 11) is 0. The molecular weight excluding hydrogens is 310 g/mol. The molecule has 0 saturated heterocycles. The third kappa shape index (κ3) is 2.17. The molecule has 4 rings (SSSR count). The van der Waals surface area contributed by atoms with Crippen molar-refractivity contribution < 1.29 is 0 Å². The molecule has 6 nitrogen and oxygen atoms in total.